The number of tetrazole rings is 1. The molecule has 20 heavy (non-hydrogen) atoms. The molecule has 0 saturated carbocycles. The van der Waals surface area contributed by atoms with Gasteiger partial charge in [0.2, 0.25) is 11.1 Å². The fraction of sp³-hybridized carbons (Fsp3) is 0.500. The van der Waals surface area contributed by atoms with Crippen molar-refractivity contribution in [3.8, 4) is 0 Å². The zero-order chi connectivity index (χ0) is 13.8. The van der Waals surface area contributed by atoms with Gasteiger partial charge in [-0.25, -0.2) is 4.68 Å². The van der Waals surface area contributed by atoms with Gasteiger partial charge < -0.3 is 5.32 Å². The standard InChI is InChI=1S/C12H15N5OS2/c18-11-10(5-1-2-6-13-11)20-12-14-15-16-17(12)8-9-4-3-7-19-9/h3-4,7,10H,1-2,5-6,8H2,(H,13,18)/t10-/m0/s1. The summed E-state index contributed by atoms with van der Waals surface area (Å²) in [6.45, 7) is 1.43. The first-order chi connectivity index (χ1) is 9.83. The Morgan fingerprint density at radius 3 is 3.30 bits per heavy atom. The average Bonchev–Trinajstić information content (AvgIpc) is 3.05. The summed E-state index contributed by atoms with van der Waals surface area (Å²) in [5, 5.41) is 17.4. The number of carbonyl (C=O) groups is 1. The predicted octanol–water partition coefficient (Wildman–Crippen LogP) is 1.54. The highest BCUT2D eigenvalue weighted by molar-refractivity contribution is 8.00. The molecule has 0 radical (unpaired) electrons. The molecule has 8 heteroatoms. The molecule has 3 rings (SSSR count). The third kappa shape index (κ3) is 3.18. The summed E-state index contributed by atoms with van der Waals surface area (Å²) in [6.07, 6.45) is 2.98. The van der Waals surface area contributed by atoms with Gasteiger partial charge >= 0.3 is 0 Å². The third-order valence-corrected chi connectivity index (χ3v) is 5.22. The number of thioether (sulfide) groups is 1. The number of rotatable bonds is 4. The molecule has 0 bridgehead atoms. The summed E-state index contributed by atoms with van der Waals surface area (Å²) in [7, 11) is 0. The highest BCUT2D eigenvalue weighted by atomic mass is 32.2. The number of hydrogen-bond acceptors (Lipinski definition) is 6. The molecular weight excluding hydrogens is 294 g/mol. The molecule has 1 saturated heterocycles. The van der Waals surface area contributed by atoms with E-state index in [1.165, 1.54) is 16.6 Å². The van der Waals surface area contributed by atoms with Gasteiger partial charge in [0.25, 0.3) is 0 Å². The fourth-order valence-corrected chi connectivity index (χ4v) is 3.80. The zero-order valence-electron chi connectivity index (χ0n) is 10.9. The first-order valence-electron chi connectivity index (χ1n) is 6.56. The smallest absolute Gasteiger partial charge is 0.233 e. The van der Waals surface area contributed by atoms with E-state index in [9.17, 15) is 4.79 Å². The Morgan fingerprint density at radius 1 is 1.50 bits per heavy atom. The van der Waals surface area contributed by atoms with E-state index in [1.807, 2.05) is 11.4 Å². The van der Waals surface area contributed by atoms with Gasteiger partial charge in [0.1, 0.15) is 0 Å². The van der Waals surface area contributed by atoms with E-state index in [0.717, 1.165) is 25.8 Å². The summed E-state index contributed by atoms with van der Waals surface area (Å²) in [5.41, 5.74) is 0. The van der Waals surface area contributed by atoms with Crippen LogP contribution in [0.4, 0.5) is 0 Å². The van der Waals surface area contributed by atoms with Gasteiger partial charge in [0.15, 0.2) is 0 Å². The predicted molar refractivity (Wildman–Crippen MR) is 77.7 cm³/mol. The van der Waals surface area contributed by atoms with Gasteiger partial charge in [-0.2, -0.15) is 0 Å². The maximum absolute atomic E-state index is 12.0. The molecule has 1 aliphatic heterocycles. The van der Waals surface area contributed by atoms with Crippen LogP contribution in [-0.2, 0) is 11.3 Å². The van der Waals surface area contributed by atoms with Gasteiger partial charge in [0.05, 0.1) is 11.8 Å². The van der Waals surface area contributed by atoms with Crippen molar-refractivity contribution in [3.63, 3.8) is 0 Å². The molecule has 0 unspecified atom stereocenters. The van der Waals surface area contributed by atoms with Crippen LogP contribution >= 0.6 is 23.1 Å². The van der Waals surface area contributed by atoms with Crippen LogP contribution in [0.25, 0.3) is 0 Å². The molecule has 1 atom stereocenters. The quantitative estimate of drug-likeness (QED) is 0.927. The summed E-state index contributed by atoms with van der Waals surface area (Å²) >= 11 is 3.14. The Labute approximate surface area is 124 Å². The molecule has 1 aliphatic rings. The molecule has 0 spiro atoms. The Kier molecular flexibility index (Phi) is 4.31. The van der Waals surface area contributed by atoms with Gasteiger partial charge in [-0.3, -0.25) is 4.79 Å². The van der Waals surface area contributed by atoms with Crippen molar-refractivity contribution < 1.29 is 4.79 Å². The second-order valence-corrected chi connectivity index (χ2v) is 6.79. The summed E-state index contributed by atoms with van der Waals surface area (Å²) in [6, 6.07) is 4.06. The average molecular weight is 309 g/mol. The van der Waals surface area contributed by atoms with Crippen molar-refractivity contribution in [2.75, 3.05) is 6.54 Å². The number of carbonyl (C=O) groups excluding carboxylic acids is 1. The van der Waals surface area contributed by atoms with Crippen LogP contribution in [-0.4, -0.2) is 37.9 Å². The SMILES string of the molecule is O=C1NCCCC[C@@H]1Sc1nnnn1Cc1cccs1. The van der Waals surface area contributed by atoms with E-state index >= 15 is 0 Å². The largest absolute Gasteiger partial charge is 0.355 e. The lowest BCUT2D eigenvalue weighted by atomic mass is 10.2. The molecule has 1 amide bonds. The molecule has 2 aromatic heterocycles. The van der Waals surface area contributed by atoms with E-state index in [4.69, 9.17) is 0 Å². The molecule has 0 aromatic carbocycles. The number of thiophene rings is 1. The maximum Gasteiger partial charge on any atom is 0.233 e. The van der Waals surface area contributed by atoms with Crippen LogP contribution in [0.5, 0.6) is 0 Å². The van der Waals surface area contributed by atoms with E-state index in [2.05, 4.69) is 26.9 Å². The van der Waals surface area contributed by atoms with E-state index < -0.39 is 0 Å². The lowest BCUT2D eigenvalue weighted by molar-refractivity contribution is -0.120. The van der Waals surface area contributed by atoms with Crippen molar-refractivity contribution in [2.45, 2.75) is 36.2 Å². The summed E-state index contributed by atoms with van der Waals surface area (Å²) in [4.78, 5) is 13.2. The summed E-state index contributed by atoms with van der Waals surface area (Å²) < 4.78 is 1.76. The second kappa shape index (κ2) is 6.36. The molecule has 1 N–H and O–H groups in total. The van der Waals surface area contributed by atoms with Crippen LogP contribution in [0, 0.1) is 0 Å². The van der Waals surface area contributed by atoms with Crippen molar-refractivity contribution in [3.05, 3.63) is 22.4 Å². The van der Waals surface area contributed by atoms with E-state index in [1.54, 1.807) is 16.0 Å². The number of nitrogens with one attached hydrogen (secondary N) is 1. The van der Waals surface area contributed by atoms with Crippen molar-refractivity contribution in [1.29, 1.82) is 0 Å². The molecular formula is C12H15N5OS2. The van der Waals surface area contributed by atoms with Crippen LogP contribution in [0.3, 0.4) is 0 Å². The molecule has 3 heterocycles. The van der Waals surface area contributed by atoms with Gasteiger partial charge in [-0.1, -0.05) is 24.2 Å². The van der Waals surface area contributed by atoms with Crippen LogP contribution in [0.2, 0.25) is 0 Å². The Hall–Kier alpha value is -1.41. The van der Waals surface area contributed by atoms with Crippen LogP contribution in [0.1, 0.15) is 24.1 Å². The minimum Gasteiger partial charge on any atom is -0.355 e. The minimum absolute atomic E-state index is 0.0921. The highest BCUT2D eigenvalue weighted by Gasteiger charge is 2.24. The summed E-state index contributed by atoms with van der Waals surface area (Å²) in [5.74, 6) is 0.0955. The molecule has 2 aromatic rings. The molecule has 106 valence electrons. The van der Waals surface area contributed by atoms with Crippen molar-refractivity contribution >= 4 is 29.0 Å². The Morgan fingerprint density at radius 2 is 2.45 bits per heavy atom. The number of amides is 1. The Balaban J connectivity index is 1.71. The van der Waals surface area contributed by atoms with Gasteiger partial charge in [-0.05, 0) is 34.7 Å². The van der Waals surface area contributed by atoms with Crippen LogP contribution < -0.4 is 5.32 Å². The van der Waals surface area contributed by atoms with Gasteiger partial charge in [-0.15, -0.1) is 16.4 Å². The number of hydrogen-bond donors (Lipinski definition) is 1. The van der Waals surface area contributed by atoms with Crippen molar-refractivity contribution in [2.24, 2.45) is 0 Å². The van der Waals surface area contributed by atoms with Crippen molar-refractivity contribution in [1.82, 2.24) is 25.5 Å². The molecule has 0 aliphatic carbocycles. The maximum atomic E-state index is 12.0. The van der Waals surface area contributed by atoms with E-state index in [0.29, 0.717) is 11.7 Å². The number of nitrogens with zero attached hydrogens (tertiary/aromatic N) is 4. The molecule has 1 fully saturated rings. The monoisotopic (exact) mass is 309 g/mol. The second-order valence-electron chi connectivity index (χ2n) is 4.59. The lowest BCUT2D eigenvalue weighted by Crippen LogP contribution is -2.30. The fourth-order valence-electron chi connectivity index (χ4n) is 2.08. The number of aromatic nitrogens is 4. The van der Waals surface area contributed by atoms with Gasteiger partial charge in [0, 0.05) is 11.4 Å². The zero-order valence-corrected chi connectivity index (χ0v) is 12.5. The Bertz CT molecular complexity index is 568. The third-order valence-electron chi connectivity index (χ3n) is 3.12. The first kappa shape index (κ1) is 13.6. The minimum atomic E-state index is -0.0921. The van der Waals surface area contributed by atoms with E-state index in [-0.39, 0.29) is 11.2 Å². The highest BCUT2D eigenvalue weighted by Crippen LogP contribution is 2.26. The first-order valence-corrected chi connectivity index (χ1v) is 8.32. The lowest BCUT2D eigenvalue weighted by Gasteiger charge is -2.11. The normalized spacial score (nSPS) is 19.6. The van der Waals surface area contributed by atoms with Crippen LogP contribution in [0.15, 0.2) is 22.7 Å². The molecule has 6 nitrogen and oxygen atoms in total. The topological polar surface area (TPSA) is 72.7 Å².